The van der Waals surface area contributed by atoms with Gasteiger partial charge in [-0.3, -0.25) is 4.99 Å². The Kier molecular flexibility index (Phi) is 3.07. The highest BCUT2D eigenvalue weighted by atomic mass is 35.5. The van der Waals surface area contributed by atoms with E-state index in [1.165, 1.54) is 0 Å². The fourth-order valence-electron chi connectivity index (χ4n) is 1.40. The number of anilines is 1. The van der Waals surface area contributed by atoms with E-state index in [9.17, 15) is 0 Å². The van der Waals surface area contributed by atoms with Crippen LogP contribution in [0.3, 0.4) is 0 Å². The van der Waals surface area contributed by atoms with Crippen LogP contribution in [0, 0.1) is 0 Å². The van der Waals surface area contributed by atoms with Gasteiger partial charge in [-0.15, -0.1) is 0 Å². The number of halogens is 2. The van der Waals surface area contributed by atoms with Crippen molar-refractivity contribution in [3.63, 3.8) is 0 Å². The second-order valence-corrected chi connectivity index (χ2v) is 4.16. The Bertz CT molecular complexity index is 388. The molecule has 1 heterocycles. The highest BCUT2D eigenvalue weighted by molar-refractivity contribution is 6.40. The molecule has 1 N–H and O–H groups in total. The molecule has 0 spiro atoms. The number of benzene rings is 1. The number of aliphatic imine (C=N–C) groups is 1. The molecule has 0 unspecified atom stereocenters. The van der Waals surface area contributed by atoms with E-state index in [-0.39, 0.29) is 0 Å². The lowest BCUT2D eigenvalue weighted by molar-refractivity contribution is 0.714. The van der Waals surface area contributed by atoms with Crippen molar-refractivity contribution >= 4 is 42.8 Å². The summed E-state index contributed by atoms with van der Waals surface area (Å²) in [4.78, 5) is 6.34. The number of guanidine groups is 1. The summed E-state index contributed by atoms with van der Waals surface area (Å²) in [7, 11) is 1.98. The van der Waals surface area contributed by atoms with Gasteiger partial charge >= 0.3 is 0 Å². The lowest BCUT2D eigenvalue weighted by Crippen LogP contribution is -2.30. The Morgan fingerprint density at radius 1 is 1.33 bits per heavy atom. The topological polar surface area (TPSA) is 27.6 Å². The minimum Gasteiger partial charge on any atom is -0.392 e. The molecule has 0 saturated heterocycles. The Labute approximate surface area is 99.5 Å². The zero-order chi connectivity index (χ0) is 10.8. The molecule has 0 aromatic heterocycles. The summed E-state index contributed by atoms with van der Waals surface area (Å²) in [5.41, 5.74) is 0.716. The van der Waals surface area contributed by atoms with Crippen LogP contribution < -0.4 is 5.32 Å². The van der Waals surface area contributed by atoms with Gasteiger partial charge in [-0.2, -0.15) is 0 Å². The van der Waals surface area contributed by atoms with Gasteiger partial charge in [-0.05, 0) is 12.1 Å². The summed E-state index contributed by atoms with van der Waals surface area (Å²) in [6.07, 6.45) is 0. The van der Waals surface area contributed by atoms with Crippen LogP contribution in [0.2, 0.25) is 10.0 Å². The molecule has 1 aromatic rings. The molecule has 15 heavy (non-hydrogen) atoms. The van der Waals surface area contributed by atoms with Crippen LogP contribution in [0.15, 0.2) is 23.2 Å². The lowest BCUT2D eigenvalue weighted by atomic mass is 10.3. The molecule has 0 amide bonds. The van der Waals surface area contributed by atoms with Crippen molar-refractivity contribution < 1.29 is 0 Å². The predicted molar refractivity (Wildman–Crippen MR) is 67.6 cm³/mol. The zero-order valence-corrected chi connectivity index (χ0v) is 9.81. The highest BCUT2D eigenvalue weighted by Crippen LogP contribution is 2.30. The van der Waals surface area contributed by atoms with Crippen molar-refractivity contribution in [3.8, 4) is 0 Å². The van der Waals surface area contributed by atoms with Crippen molar-refractivity contribution in [2.24, 2.45) is 4.99 Å². The van der Waals surface area contributed by atoms with E-state index in [4.69, 9.17) is 23.2 Å². The second-order valence-electron chi connectivity index (χ2n) is 3.35. The summed E-state index contributed by atoms with van der Waals surface area (Å²) in [6, 6.07) is 5.41. The van der Waals surface area contributed by atoms with Crippen LogP contribution in [0.25, 0.3) is 0 Å². The maximum absolute atomic E-state index is 6.04. The SMILES string of the molecule is BN1CCN=C1Nc1c(Cl)cccc1Cl. The van der Waals surface area contributed by atoms with Gasteiger partial charge in [0.1, 0.15) is 0 Å². The Morgan fingerprint density at radius 3 is 2.53 bits per heavy atom. The molecule has 0 radical (unpaired) electrons. The van der Waals surface area contributed by atoms with Crippen LogP contribution in [-0.4, -0.2) is 31.8 Å². The van der Waals surface area contributed by atoms with E-state index in [1.807, 2.05) is 18.9 Å². The molecule has 0 fully saturated rings. The van der Waals surface area contributed by atoms with Gasteiger partial charge in [-0.1, -0.05) is 29.3 Å². The first-order valence-electron chi connectivity index (χ1n) is 4.65. The predicted octanol–water partition coefficient (Wildman–Crippen LogP) is 1.62. The normalized spacial score (nSPS) is 15.3. The van der Waals surface area contributed by atoms with E-state index in [1.54, 1.807) is 12.1 Å². The van der Waals surface area contributed by atoms with Crippen molar-refractivity contribution in [1.82, 2.24) is 4.81 Å². The Morgan fingerprint density at radius 2 is 2.00 bits per heavy atom. The third-order valence-electron chi connectivity index (χ3n) is 2.26. The third-order valence-corrected chi connectivity index (χ3v) is 2.89. The minimum atomic E-state index is 0.602. The van der Waals surface area contributed by atoms with E-state index in [0.717, 1.165) is 19.0 Å². The molecule has 1 aromatic carbocycles. The molecule has 2 rings (SSSR count). The van der Waals surface area contributed by atoms with Crippen molar-refractivity contribution in [2.75, 3.05) is 18.4 Å². The van der Waals surface area contributed by atoms with Crippen molar-refractivity contribution in [2.45, 2.75) is 0 Å². The molecular formula is C9H10BCl2N3. The smallest absolute Gasteiger partial charge is 0.221 e. The molecule has 78 valence electrons. The van der Waals surface area contributed by atoms with E-state index >= 15 is 0 Å². The summed E-state index contributed by atoms with van der Waals surface area (Å²) < 4.78 is 0. The van der Waals surface area contributed by atoms with Gasteiger partial charge in [0.05, 0.1) is 22.3 Å². The molecule has 0 atom stereocenters. The zero-order valence-electron chi connectivity index (χ0n) is 8.30. The molecule has 0 bridgehead atoms. The molecule has 1 aliphatic heterocycles. The van der Waals surface area contributed by atoms with Crippen LogP contribution in [0.4, 0.5) is 5.69 Å². The Balaban J connectivity index is 2.24. The summed E-state index contributed by atoms with van der Waals surface area (Å²) in [5, 5.41) is 4.34. The molecule has 0 saturated carbocycles. The number of nitrogens with zero attached hydrogens (tertiary/aromatic N) is 2. The fourth-order valence-corrected chi connectivity index (χ4v) is 1.89. The number of hydrogen-bond acceptors (Lipinski definition) is 3. The van der Waals surface area contributed by atoms with Crippen molar-refractivity contribution in [3.05, 3.63) is 28.2 Å². The standard InChI is InChI=1S/C9H10BCl2N3/c10-15-5-4-13-9(15)14-8-6(11)2-1-3-7(8)12/h1-3H,4-5,10H2,(H,13,14). The van der Waals surface area contributed by atoms with Gasteiger partial charge < -0.3 is 10.1 Å². The largest absolute Gasteiger partial charge is 0.392 e. The first kappa shape index (κ1) is 10.6. The molecule has 6 heteroatoms. The first-order chi connectivity index (χ1) is 7.18. The fraction of sp³-hybridized carbons (Fsp3) is 0.222. The van der Waals surface area contributed by atoms with Crippen LogP contribution in [0.1, 0.15) is 0 Å². The second kappa shape index (κ2) is 4.33. The van der Waals surface area contributed by atoms with E-state index in [0.29, 0.717) is 15.7 Å². The monoisotopic (exact) mass is 241 g/mol. The third kappa shape index (κ3) is 2.21. The number of rotatable bonds is 1. The summed E-state index contributed by atoms with van der Waals surface area (Å²) in [5.74, 6) is 0.810. The molecule has 0 aliphatic carbocycles. The number of para-hydroxylation sites is 1. The van der Waals surface area contributed by atoms with Gasteiger partial charge in [0.25, 0.3) is 0 Å². The average Bonchev–Trinajstić information content (AvgIpc) is 2.58. The lowest BCUT2D eigenvalue weighted by Gasteiger charge is -2.17. The van der Waals surface area contributed by atoms with Crippen molar-refractivity contribution in [1.29, 1.82) is 0 Å². The van der Waals surface area contributed by atoms with Gasteiger partial charge in [-0.25, -0.2) is 0 Å². The molecular weight excluding hydrogens is 232 g/mol. The number of hydrogen-bond donors (Lipinski definition) is 1. The maximum atomic E-state index is 6.04. The number of nitrogens with one attached hydrogen (secondary N) is 1. The van der Waals surface area contributed by atoms with E-state index in [2.05, 4.69) is 10.3 Å². The molecule has 3 nitrogen and oxygen atoms in total. The quantitative estimate of drug-likeness (QED) is 0.757. The van der Waals surface area contributed by atoms with Gasteiger partial charge in [0.15, 0.2) is 5.96 Å². The van der Waals surface area contributed by atoms with E-state index < -0.39 is 0 Å². The van der Waals surface area contributed by atoms with Crippen LogP contribution in [-0.2, 0) is 0 Å². The Hall–Kier alpha value is -0.865. The highest BCUT2D eigenvalue weighted by Gasteiger charge is 2.14. The first-order valence-corrected chi connectivity index (χ1v) is 5.40. The summed E-state index contributed by atoms with van der Waals surface area (Å²) >= 11 is 12.1. The summed E-state index contributed by atoms with van der Waals surface area (Å²) in [6.45, 7) is 1.73. The molecule has 1 aliphatic rings. The van der Waals surface area contributed by atoms with Crippen LogP contribution in [0.5, 0.6) is 0 Å². The average molecular weight is 242 g/mol. The minimum absolute atomic E-state index is 0.602. The van der Waals surface area contributed by atoms with Gasteiger partial charge in [0.2, 0.25) is 7.98 Å². The van der Waals surface area contributed by atoms with Gasteiger partial charge in [0, 0.05) is 6.54 Å². The van der Waals surface area contributed by atoms with Crippen LogP contribution >= 0.6 is 23.2 Å². The maximum Gasteiger partial charge on any atom is 0.221 e.